The lowest BCUT2D eigenvalue weighted by molar-refractivity contribution is -0.112. The third-order valence-electron chi connectivity index (χ3n) is 5.43. The Hall–Kier alpha value is -3.46. The van der Waals surface area contributed by atoms with Gasteiger partial charge in [0.1, 0.15) is 40.9 Å². The van der Waals surface area contributed by atoms with E-state index in [2.05, 4.69) is 27.3 Å². The number of aryl methyl sites for hydroxylation is 1. The molecular formula is C26H19BrFN3O2S. The lowest BCUT2D eigenvalue weighted by Crippen LogP contribution is -2.13. The normalized spacial score (nSPS) is 12.9. The maximum absolute atomic E-state index is 13.3. The van der Waals surface area contributed by atoms with Crippen LogP contribution < -0.4 is 10.1 Å². The zero-order valence-corrected chi connectivity index (χ0v) is 20.4. The smallest absolute Gasteiger partial charge is 0.266 e. The predicted octanol–water partition coefficient (Wildman–Crippen LogP) is 6.52. The van der Waals surface area contributed by atoms with E-state index in [1.54, 1.807) is 30.3 Å². The summed E-state index contributed by atoms with van der Waals surface area (Å²) >= 11 is 4.86. The van der Waals surface area contributed by atoms with Gasteiger partial charge in [0.05, 0.1) is 10.0 Å². The standard InChI is InChI=1S/C26H19BrFN3O2S/c27-22-12-16(8-9-23(22)33-15-17-4-3-5-19(28)11-17)10-18(13-29)25(32)31-26-21(14-30)20-6-1-2-7-24(20)34-26/h3-5,8-12H,1-2,6-7,15H2,(H,31,32)/b18-10+. The van der Waals surface area contributed by atoms with Crippen LogP contribution in [0.1, 0.15) is 40.0 Å². The predicted molar refractivity (Wildman–Crippen MR) is 133 cm³/mol. The van der Waals surface area contributed by atoms with Crippen molar-refractivity contribution in [2.45, 2.75) is 32.3 Å². The van der Waals surface area contributed by atoms with Crippen molar-refractivity contribution in [3.63, 3.8) is 0 Å². The van der Waals surface area contributed by atoms with Crippen LogP contribution in [0.3, 0.4) is 0 Å². The number of thiophene rings is 1. The molecule has 1 heterocycles. The van der Waals surface area contributed by atoms with Crippen molar-refractivity contribution in [1.29, 1.82) is 10.5 Å². The topological polar surface area (TPSA) is 85.9 Å². The fourth-order valence-electron chi connectivity index (χ4n) is 3.77. The molecule has 0 unspecified atom stereocenters. The van der Waals surface area contributed by atoms with Crippen LogP contribution in [0.2, 0.25) is 0 Å². The zero-order chi connectivity index (χ0) is 24.1. The average Bonchev–Trinajstić information content (AvgIpc) is 3.18. The fraction of sp³-hybridized carbons (Fsp3) is 0.192. The van der Waals surface area contributed by atoms with Crippen LogP contribution in [-0.4, -0.2) is 5.91 Å². The van der Waals surface area contributed by atoms with E-state index in [0.717, 1.165) is 36.1 Å². The summed E-state index contributed by atoms with van der Waals surface area (Å²) in [5.41, 5.74) is 2.78. The quantitative estimate of drug-likeness (QED) is 0.287. The molecule has 0 radical (unpaired) electrons. The van der Waals surface area contributed by atoms with Crippen LogP contribution in [-0.2, 0) is 24.2 Å². The Morgan fingerprint density at radius 1 is 1.21 bits per heavy atom. The van der Waals surface area contributed by atoms with Crippen LogP contribution in [0.5, 0.6) is 5.75 Å². The summed E-state index contributed by atoms with van der Waals surface area (Å²) in [6.45, 7) is 0.198. The maximum Gasteiger partial charge on any atom is 0.266 e. The molecule has 2 aromatic carbocycles. The van der Waals surface area contributed by atoms with E-state index in [1.807, 2.05) is 6.07 Å². The highest BCUT2D eigenvalue weighted by Crippen LogP contribution is 2.38. The summed E-state index contributed by atoms with van der Waals surface area (Å²) in [6.07, 6.45) is 5.34. The second-order valence-corrected chi connectivity index (χ2v) is 9.72. The number of nitrogens with one attached hydrogen (secondary N) is 1. The Labute approximate surface area is 209 Å². The van der Waals surface area contributed by atoms with Crippen molar-refractivity contribution >= 4 is 44.3 Å². The number of carbonyl (C=O) groups is 1. The highest BCUT2D eigenvalue weighted by molar-refractivity contribution is 9.10. The van der Waals surface area contributed by atoms with E-state index in [4.69, 9.17) is 4.74 Å². The highest BCUT2D eigenvalue weighted by Gasteiger charge is 2.22. The lowest BCUT2D eigenvalue weighted by atomic mass is 9.96. The van der Waals surface area contributed by atoms with Gasteiger partial charge in [0.25, 0.3) is 5.91 Å². The minimum Gasteiger partial charge on any atom is -0.488 e. The van der Waals surface area contributed by atoms with E-state index < -0.39 is 5.91 Å². The molecule has 0 atom stereocenters. The van der Waals surface area contributed by atoms with Crippen LogP contribution in [0.25, 0.3) is 6.08 Å². The summed E-state index contributed by atoms with van der Waals surface area (Å²) in [4.78, 5) is 13.9. The number of nitriles is 2. The monoisotopic (exact) mass is 535 g/mol. The van der Waals surface area contributed by atoms with Gasteiger partial charge in [-0.25, -0.2) is 4.39 Å². The lowest BCUT2D eigenvalue weighted by Gasteiger charge is -2.09. The van der Waals surface area contributed by atoms with Gasteiger partial charge in [-0.1, -0.05) is 18.2 Å². The Balaban J connectivity index is 1.48. The molecule has 0 spiro atoms. The molecule has 34 heavy (non-hydrogen) atoms. The number of benzene rings is 2. The number of hydrogen-bond acceptors (Lipinski definition) is 5. The van der Waals surface area contributed by atoms with Crippen molar-refractivity contribution in [2.75, 3.05) is 5.32 Å². The second-order valence-electron chi connectivity index (χ2n) is 7.76. The summed E-state index contributed by atoms with van der Waals surface area (Å²) < 4.78 is 19.7. The van der Waals surface area contributed by atoms with Gasteiger partial charge >= 0.3 is 0 Å². The number of halogens is 2. The molecule has 4 rings (SSSR count). The molecule has 0 bridgehead atoms. The number of hydrogen-bond donors (Lipinski definition) is 1. The molecule has 0 fully saturated rings. The first kappa shape index (κ1) is 23.7. The van der Waals surface area contributed by atoms with Gasteiger partial charge in [-0.3, -0.25) is 4.79 Å². The SMILES string of the molecule is N#C/C(=C\c1ccc(OCc2cccc(F)c2)c(Br)c1)C(=O)Nc1sc2c(c1C#N)CCCC2. The van der Waals surface area contributed by atoms with Gasteiger partial charge in [-0.2, -0.15) is 10.5 Å². The Morgan fingerprint density at radius 2 is 2.03 bits per heavy atom. The number of ether oxygens (including phenoxy) is 1. The summed E-state index contributed by atoms with van der Waals surface area (Å²) in [5, 5.41) is 22.4. The first-order chi connectivity index (χ1) is 16.5. The van der Waals surface area contributed by atoms with Crippen LogP contribution in [0, 0.1) is 28.5 Å². The second kappa shape index (κ2) is 10.6. The van der Waals surface area contributed by atoms with Crippen molar-refractivity contribution in [2.24, 2.45) is 0 Å². The Kier molecular flexibility index (Phi) is 7.42. The first-order valence-electron chi connectivity index (χ1n) is 10.6. The summed E-state index contributed by atoms with van der Waals surface area (Å²) in [5.74, 6) is -0.333. The van der Waals surface area contributed by atoms with E-state index in [1.165, 1.54) is 29.5 Å². The van der Waals surface area contributed by atoms with Gasteiger partial charge in [0.2, 0.25) is 0 Å². The molecule has 0 saturated carbocycles. The minimum atomic E-state index is -0.555. The molecule has 8 heteroatoms. The third-order valence-corrected chi connectivity index (χ3v) is 7.25. The van der Waals surface area contributed by atoms with Gasteiger partial charge < -0.3 is 10.1 Å². The third kappa shape index (κ3) is 5.36. The van der Waals surface area contributed by atoms with Crippen molar-refractivity contribution in [1.82, 2.24) is 0 Å². The molecule has 0 aliphatic heterocycles. The van der Waals surface area contributed by atoms with E-state index in [0.29, 0.717) is 31.9 Å². The molecule has 0 saturated heterocycles. The molecule has 1 aromatic heterocycles. The van der Waals surface area contributed by atoms with Gasteiger partial charge in [-0.05, 0) is 88.6 Å². The number of anilines is 1. The molecule has 1 N–H and O–H groups in total. The molecule has 1 aliphatic carbocycles. The fourth-order valence-corrected chi connectivity index (χ4v) is 5.52. The average molecular weight is 536 g/mol. The van der Waals surface area contributed by atoms with E-state index in [-0.39, 0.29) is 18.0 Å². The first-order valence-corrected chi connectivity index (χ1v) is 12.2. The molecule has 5 nitrogen and oxygen atoms in total. The molecule has 170 valence electrons. The van der Waals surface area contributed by atoms with Crippen LogP contribution >= 0.6 is 27.3 Å². The number of fused-ring (bicyclic) bond motifs is 1. The number of rotatable bonds is 6. The van der Waals surface area contributed by atoms with Crippen LogP contribution in [0.4, 0.5) is 9.39 Å². The van der Waals surface area contributed by atoms with Gasteiger partial charge in [0.15, 0.2) is 0 Å². The van der Waals surface area contributed by atoms with Crippen molar-refractivity contribution < 1.29 is 13.9 Å². The largest absolute Gasteiger partial charge is 0.488 e. The van der Waals surface area contributed by atoms with E-state index >= 15 is 0 Å². The van der Waals surface area contributed by atoms with E-state index in [9.17, 15) is 19.7 Å². The summed E-state index contributed by atoms with van der Waals surface area (Å²) in [7, 11) is 0. The highest BCUT2D eigenvalue weighted by atomic mass is 79.9. The minimum absolute atomic E-state index is 0.0735. The van der Waals surface area contributed by atoms with Gasteiger partial charge in [-0.15, -0.1) is 11.3 Å². The maximum atomic E-state index is 13.3. The van der Waals surface area contributed by atoms with Crippen molar-refractivity contribution in [3.05, 3.63) is 85.5 Å². The zero-order valence-electron chi connectivity index (χ0n) is 18.0. The number of carbonyl (C=O) groups excluding carboxylic acids is 1. The molecule has 3 aromatic rings. The Bertz CT molecular complexity index is 1370. The molecular weight excluding hydrogens is 517 g/mol. The summed E-state index contributed by atoms with van der Waals surface area (Å²) in [6, 6.07) is 15.5. The van der Waals surface area contributed by atoms with Crippen LogP contribution in [0.15, 0.2) is 52.5 Å². The number of amides is 1. The Morgan fingerprint density at radius 3 is 2.76 bits per heavy atom. The van der Waals surface area contributed by atoms with Gasteiger partial charge in [0, 0.05) is 4.88 Å². The number of nitrogens with zero attached hydrogens (tertiary/aromatic N) is 2. The van der Waals surface area contributed by atoms with Crippen molar-refractivity contribution in [3.8, 4) is 17.9 Å². The molecule has 1 aliphatic rings. The molecule has 1 amide bonds.